The highest BCUT2D eigenvalue weighted by Crippen LogP contribution is 2.30. The Labute approximate surface area is 135 Å². The lowest BCUT2D eigenvalue weighted by molar-refractivity contribution is -0.136. The van der Waals surface area contributed by atoms with Gasteiger partial charge in [0, 0.05) is 24.7 Å². The van der Waals surface area contributed by atoms with Crippen LogP contribution in [0.3, 0.4) is 0 Å². The molecule has 1 aliphatic carbocycles. The van der Waals surface area contributed by atoms with Crippen LogP contribution in [0.1, 0.15) is 31.2 Å². The highest BCUT2D eigenvalue weighted by atomic mass is 35.5. The van der Waals surface area contributed by atoms with Crippen LogP contribution >= 0.6 is 11.6 Å². The molecule has 0 bridgehead atoms. The molecule has 2 aliphatic rings. The van der Waals surface area contributed by atoms with E-state index in [1.54, 1.807) is 0 Å². The summed E-state index contributed by atoms with van der Waals surface area (Å²) >= 11 is 6.17. The van der Waals surface area contributed by atoms with Gasteiger partial charge in [-0.25, -0.2) is 4.39 Å². The van der Waals surface area contributed by atoms with E-state index in [9.17, 15) is 4.79 Å². The first-order valence-corrected chi connectivity index (χ1v) is 8.38. The molecule has 0 radical (unpaired) electrons. The number of carbonyl (C=O) groups is 1. The van der Waals surface area contributed by atoms with Gasteiger partial charge in [0.1, 0.15) is 0 Å². The number of rotatable bonds is 5. The molecule has 1 saturated carbocycles. The quantitative estimate of drug-likeness (QED) is 0.902. The van der Waals surface area contributed by atoms with Crippen LogP contribution in [0.2, 0.25) is 5.02 Å². The first kappa shape index (κ1) is 15.8. The summed E-state index contributed by atoms with van der Waals surface area (Å²) in [5.74, 6) is 0.124. The molecular formula is C17H22ClFN2O. The molecule has 1 atom stereocenters. The Bertz CT molecular complexity index is 549. The van der Waals surface area contributed by atoms with Gasteiger partial charge in [-0.3, -0.25) is 9.69 Å². The lowest BCUT2D eigenvalue weighted by Gasteiger charge is -2.36. The van der Waals surface area contributed by atoms with Crippen LogP contribution < -0.4 is 5.32 Å². The molecule has 1 heterocycles. The number of piperidine rings is 1. The molecule has 1 N–H and O–H groups in total. The van der Waals surface area contributed by atoms with Gasteiger partial charge in [-0.05, 0) is 49.8 Å². The van der Waals surface area contributed by atoms with E-state index in [1.807, 2.05) is 29.2 Å². The Kier molecular flexibility index (Phi) is 4.69. The van der Waals surface area contributed by atoms with E-state index in [2.05, 4.69) is 5.32 Å². The standard InChI is InChI=1S/C17H22ClFN2O/c18-15-5-2-1-4-14(15)11-21-9-3-8-17(19,12-21)16(22)20-10-13-6-7-13/h1-2,4-5,13H,3,6-12H2,(H,20,22). The van der Waals surface area contributed by atoms with Crippen molar-refractivity contribution in [3.05, 3.63) is 34.9 Å². The summed E-state index contributed by atoms with van der Waals surface area (Å²) in [4.78, 5) is 14.2. The molecule has 1 unspecified atom stereocenters. The van der Waals surface area contributed by atoms with Gasteiger partial charge in [0.05, 0.1) is 0 Å². The minimum atomic E-state index is -1.77. The second-order valence-corrected chi connectivity index (χ2v) is 6.93. The van der Waals surface area contributed by atoms with Crippen molar-refractivity contribution in [2.45, 2.75) is 37.9 Å². The molecule has 2 fully saturated rings. The van der Waals surface area contributed by atoms with Gasteiger partial charge in [0.25, 0.3) is 5.91 Å². The zero-order valence-electron chi connectivity index (χ0n) is 12.7. The fourth-order valence-electron chi connectivity index (χ4n) is 3.00. The predicted octanol–water partition coefficient (Wildman–Crippen LogP) is 3.17. The van der Waals surface area contributed by atoms with E-state index in [0.29, 0.717) is 36.9 Å². The zero-order chi connectivity index (χ0) is 15.6. The maximum Gasteiger partial charge on any atom is 0.259 e. The van der Waals surface area contributed by atoms with Crippen LogP contribution in [0.4, 0.5) is 4.39 Å². The highest BCUT2D eigenvalue weighted by Gasteiger charge is 2.42. The maximum absolute atomic E-state index is 15.0. The summed E-state index contributed by atoms with van der Waals surface area (Å²) in [5, 5.41) is 3.47. The Morgan fingerprint density at radius 3 is 2.91 bits per heavy atom. The summed E-state index contributed by atoms with van der Waals surface area (Å²) in [5.41, 5.74) is -0.791. The van der Waals surface area contributed by atoms with Crippen molar-refractivity contribution in [1.82, 2.24) is 10.2 Å². The molecule has 1 aromatic rings. The first-order valence-electron chi connectivity index (χ1n) is 8.00. The number of nitrogens with one attached hydrogen (secondary N) is 1. The Hall–Kier alpha value is -1.13. The van der Waals surface area contributed by atoms with Crippen LogP contribution in [0.5, 0.6) is 0 Å². The molecule has 1 amide bonds. The predicted molar refractivity (Wildman–Crippen MR) is 85.5 cm³/mol. The minimum absolute atomic E-state index is 0.148. The monoisotopic (exact) mass is 324 g/mol. The third-order valence-corrected chi connectivity index (χ3v) is 4.90. The summed E-state index contributed by atoms with van der Waals surface area (Å²) < 4.78 is 15.0. The maximum atomic E-state index is 15.0. The molecule has 0 aromatic heterocycles. The van der Waals surface area contributed by atoms with Gasteiger partial charge >= 0.3 is 0 Å². The van der Waals surface area contributed by atoms with Gasteiger partial charge in [-0.1, -0.05) is 29.8 Å². The molecule has 5 heteroatoms. The second kappa shape index (κ2) is 6.55. The van der Waals surface area contributed by atoms with Crippen molar-refractivity contribution in [3.8, 4) is 0 Å². The van der Waals surface area contributed by atoms with Crippen LogP contribution in [0.15, 0.2) is 24.3 Å². The second-order valence-electron chi connectivity index (χ2n) is 6.52. The third kappa shape index (κ3) is 3.79. The van der Waals surface area contributed by atoms with Crippen LogP contribution in [0.25, 0.3) is 0 Å². The fourth-order valence-corrected chi connectivity index (χ4v) is 3.20. The lowest BCUT2D eigenvalue weighted by Crippen LogP contribution is -2.54. The molecule has 3 nitrogen and oxygen atoms in total. The molecule has 22 heavy (non-hydrogen) atoms. The van der Waals surface area contributed by atoms with E-state index in [1.165, 1.54) is 0 Å². The van der Waals surface area contributed by atoms with Crippen molar-refractivity contribution < 1.29 is 9.18 Å². The molecule has 1 aromatic carbocycles. The van der Waals surface area contributed by atoms with Crippen LogP contribution in [-0.4, -0.2) is 36.1 Å². The average molecular weight is 325 g/mol. The van der Waals surface area contributed by atoms with E-state index in [0.717, 1.165) is 24.9 Å². The van der Waals surface area contributed by atoms with Crippen molar-refractivity contribution >= 4 is 17.5 Å². The van der Waals surface area contributed by atoms with Crippen molar-refractivity contribution in [2.24, 2.45) is 5.92 Å². The zero-order valence-corrected chi connectivity index (χ0v) is 13.4. The number of carbonyl (C=O) groups excluding carboxylic acids is 1. The van der Waals surface area contributed by atoms with E-state index in [-0.39, 0.29) is 6.54 Å². The molecule has 0 spiro atoms. The van der Waals surface area contributed by atoms with Gasteiger partial charge in [-0.15, -0.1) is 0 Å². The fraction of sp³-hybridized carbons (Fsp3) is 0.588. The molecule has 120 valence electrons. The molecular weight excluding hydrogens is 303 g/mol. The lowest BCUT2D eigenvalue weighted by atomic mass is 9.93. The van der Waals surface area contributed by atoms with Crippen molar-refractivity contribution in [3.63, 3.8) is 0 Å². The Balaban J connectivity index is 1.60. The van der Waals surface area contributed by atoms with Crippen molar-refractivity contribution in [2.75, 3.05) is 19.6 Å². The number of alkyl halides is 1. The normalized spacial score (nSPS) is 25.9. The summed E-state index contributed by atoms with van der Waals surface area (Å²) in [7, 11) is 0. The summed E-state index contributed by atoms with van der Waals surface area (Å²) in [6.07, 6.45) is 3.30. The highest BCUT2D eigenvalue weighted by molar-refractivity contribution is 6.31. The van der Waals surface area contributed by atoms with Gasteiger partial charge in [0.15, 0.2) is 0 Å². The largest absolute Gasteiger partial charge is 0.353 e. The van der Waals surface area contributed by atoms with Gasteiger partial charge in [-0.2, -0.15) is 0 Å². The Morgan fingerprint density at radius 1 is 1.41 bits per heavy atom. The number of benzene rings is 1. The third-order valence-electron chi connectivity index (χ3n) is 4.53. The smallest absolute Gasteiger partial charge is 0.259 e. The molecule has 1 saturated heterocycles. The number of nitrogens with zero attached hydrogens (tertiary/aromatic N) is 1. The number of amides is 1. The van der Waals surface area contributed by atoms with E-state index >= 15 is 4.39 Å². The van der Waals surface area contributed by atoms with Gasteiger partial charge in [0.2, 0.25) is 5.67 Å². The van der Waals surface area contributed by atoms with E-state index < -0.39 is 11.6 Å². The Morgan fingerprint density at radius 2 is 2.18 bits per heavy atom. The van der Waals surface area contributed by atoms with Crippen molar-refractivity contribution in [1.29, 1.82) is 0 Å². The minimum Gasteiger partial charge on any atom is -0.353 e. The van der Waals surface area contributed by atoms with Gasteiger partial charge < -0.3 is 5.32 Å². The topological polar surface area (TPSA) is 32.3 Å². The van der Waals surface area contributed by atoms with Crippen LogP contribution in [-0.2, 0) is 11.3 Å². The first-order chi connectivity index (χ1) is 10.6. The number of halogens is 2. The molecule has 1 aliphatic heterocycles. The number of likely N-dealkylation sites (tertiary alicyclic amines) is 1. The number of hydrogen-bond donors (Lipinski definition) is 1. The van der Waals surface area contributed by atoms with Crippen LogP contribution in [0, 0.1) is 5.92 Å². The number of hydrogen-bond acceptors (Lipinski definition) is 2. The summed E-state index contributed by atoms with van der Waals surface area (Å²) in [6, 6.07) is 7.60. The summed E-state index contributed by atoms with van der Waals surface area (Å²) in [6.45, 7) is 2.15. The van der Waals surface area contributed by atoms with E-state index in [4.69, 9.17) is 11.6 Å². The SMILES string of the molecule is O=C(NCC1CC1)C1(F)CCCN(Cc2ccccc2Cl)C1. The average Bonchev–Trinajstić information content (AvgIpc) is 3.31. The molecule has 3 rings (SSSR count).